The fourth-order valence-electron chi connectivity index (χ4n) is 4.44. The van der Waals surface area contributed by atoms with Gasteiger partial charge in [0.05, 0.1) is 0 Å². The first kappa shape index (κ1) is 11.5. The highest BCUT2D eigenvalue weighted by atomic mass is 16.4. The van der Waals surface area contributed by atoms with Gasteiger partial charge >= 0.3 is 5.97 Å². The van der Waals surface area contributed by atoms with Crippen molar-refractivity contribution in [2.24, 2.45) is 11.8 Å². The van der Waals surface area contributed by atoms with E-state index in [2.05, 4.69) is 5.32 Å². The molecule has 17 heavy (non-hydrogen) atoms. The molecule has 0 amide bonds. The second-order valence-electron chi connectivity index (χ2n) is 6.34. The number of carbonyl (C=O) groups is 1. The van der Waals surface area contributed by atoms with Crippen molar-refractivity contribution in [3.8, 4) is 0 Å². The molecule has 0 radical (unpaired) electrons. The first-order chi connectivity index (χ1) is 8.21. The van der Waals surface area contributed by atoms with Crippen LogP contribution in [0.4, 0.5) is 0 Å². The predicted molar refractivity (Wildman–Crippen MR) is 65.8 cm³/mol. The summed E-state index contributed by atoms with van der Waals surface area (Å²) in [5.74, 6) is 0.481. The van der Waals surface area contributed by atoms with Gasteiger partial charge in [-0.2, -0.15) is 0 Å². The molecule has 0 aromatic carbocycles. The van der Waals surface area contributed by atoms with Crippen LogP contribution in [0.15, 0.2) is 0 Å². The van der Waals surface area contributed by atoms with Crippen LogP contribution in [-0.2, 0) is 4.79 Å². The number of rotatable bonds is 3. The van der Waals surface area contributed by atoms with Crippen LogP contribution in [-0.4, -0.2) is 22.7 Å². The van der Waals surface area contributed by atoms with Crippen LogP contribution in [0.2, 0.25) is 0 Å². The smallest absolute Gasteiger partial charge is 0.324 e. The largest absolute Gasteiger partial charge is 0.480 e. The van der Waals surface area contributed by atoms with Crippen molar-refractivity contribution >= 4 is 5.97 Å². The first-order valence-electron chi connectivity index (χ1n) is 7.22. The van der Waals surface area contributed by atoms with E-state index in [0.717, 1.165) is 19.3 Å². The molecule has 3 atom stereocenters. The number of aliphatic carboxylic acids is 1. The van der Waals surface area contributed by atoms with E-state index in [1.165, 1.54) is 38.5 Å². The van der Waals surface area contributed by atoms with E-state index in [1.54, 1.807) is 0 Å². The SMILES string of the molecule is O=C(O)C1(NC2CCCCC2)CC2CCC1C2. The van der Waals surface area contributed by atoms with Gasteiger partial charge in [-0.05, 0) is 43.9 Å². The first-order valence-corrected chi connectivity index (χ1v) is 7.22. The van der Waals surface area contributed by atoms with Crippen molar-refractivity contribution in [1.29, 1.82) is 0 Å². The van der Waals surface area contributed by atoms with Crippen LogP contribution in [0, 0.1) is 11.8 Å². The summed E-state index contributed by atoms with van der Waals surface area (Å²) in [4.78, 5) is 11.7. The molecule has 96 valence electrons. The van der Waals surface area contributed by atoms with Crippen LogP contribution >= 0.6 is 0 Å². The molecule has 3 unspecified atom stereocenters. The molecule has 0 aromatic heterocycles. The molecule has 3 saturated carbocycles. The lowest BCUT2D eigenvalue weighted by Crippen LogP contribution is -2.59. The second kappa shape index (κ2) is 4.27. The van der Waals surface area contributed by atoms with E-state index in [9.17, 15) is 9.90 Å². The minimum atomic E-state index is -0.588. The van der Waals surface area contributed by atoms with Gasteiger partial charge < -0.3 is 5.11 Å². The molecule has 3 fully saturated rings. The van der Waals surface area contributed by atoms with Gasteiger partial charge in [-0.3, -0.25) is 10.1 Å². The van der Waals surface area contributed by atoms with Crippen molar-refractivity contribution in [3.05, 3.63) is 0 Å². The van der Waals surface area contributed by atoms with Crippen LogP contribution in [0.3, 0.4) is 0 Å². The van der Waals surface area contributed by atoms with Crippen molar-refractivity contribution in [2.75, 3.05) is 0 Å². The molecule has 2 bridgehead atoms. The summed E-state index contributed by atoms with van der Waals surface area (Å²) in [6.07, 6.45) is 10.6. The minimum Gasteiger partial charge on any atom is -0.480 e. The maximum absolute atomic E-state index is 11.7. The van der Waals surface area contributed by atoms with Crippen molar-refractivity contribution in [3.63, 3.8) is 0 Å². The second-order valence-corrected chi connectivity index (χ2v) is 6.34. The lowest BCUT2D eigenvalue weighted by molar-refractivity contribution is -0.148. The summed E-state index contributed by atoms with van der Waals surface area (Å²) in [7, 11) is 0. The molecule has 2 N–H and O–H groups in total. The Morgan fingerprint density at radius 2 is 1.88 bits per heavy atom. The van der Waals surface area contributed by atoms with Gasteiger partial charge in [-0.25, -0.2) is 0 Å². The molecule has 0 spiro atoms. The maximum atomic E-state index is 11.7. The van der Waals surface area contributed by atoms with Crippen LogP contribution in [0.5, 0.6) is 0 Å². The highest BCUT2D eigenvalue weighted by Gasteiger charge is 2.56. The number of fused-ring (bicyclic) bond motifs is 2. The Kier molecular flexibility index (Phi) is 2.89. The number of nitrogens with one attached hydrogen (secondary N) is 1. The summed E-state index contributed by atoms with van der Waals surface area (Å²) in [5.41, 5.74) is -0.565. The van der Waals surface area contributed by atoms with Gasteiger partial charge in [-0.1, -0.05) is 25.7 Å². The fraction of sp³-hybridized carbons (Fsp3) is 0.929. The average Bonchev–Trinajstić information content (AvgIpc) is 2.91. The van der Waals surface area contributed by atoms with Crippen LogP contribution in [0.25, 0.3) is 0 Å². The van der Waals surface area contributed by atoms with E-state index < -0.39 is 11.5 Å². The molecule has 0 aliphatic heterocycles. The zero-order chi connectivity index (χ0) is 11.9. The van der Waals surface area contributed by atoms with Crippen molar-refractivity contribution in [1.82, 2.24) is 5.32 Å². The molecular weight excluding hydrogens is 214 g/mol. The third kappa shape index (κ3) is 1.88. The molecule has 3 aliphatic carbocycles. The topological polar surface area (TPSA) is 49.3 Å². The average molecular weight is 237 g/mol. The van der Waals surface area contributed by atoms with Crippen molar-refractivity contribution in [2.45, 2.75) is 69.4 Å². The van der Waals surface area contributed by atoms with Gasteiger partial charge in [0, 0.05) is 6.04 Å². The van der Waals surface area contributed by atoms with E-state index >= 15 is 0 Å². The molecule has 3 aliphatic rings. The Bertz CT molecular complexity index is 311. The van der Waals surface area contributed by atoms with Gasteiger partial charge in [0.25, 0.3) is 0 Å². The Labute approximate surface area is 103 Å². The fourth-order valence-corrected chi connectivity index (χ4v) is 4.44. The molecule has 0 heterocycles. The highest BCUT2D eigenvalue weighted by Crippen LogP contribution is 2.51. The molecular formula is C14H23NO2. The quantitative estimate of drug-likeness (QED) is 0.793. The monoisotopic (exact) mass is 237 g/mol. The van der Waals surface area contributed by atoms with Gasteiger partial charge in [0.2, 0.25) is 0 Å². The third-order valence-corrected chi connectivity index (χ3v) is 5.30. The lowest BCUT2D eigenvalue weighted by Gasteiger charge is -2.39. The lowest BCUT2D eigenvalue weighted by atomic mass is 9.79. The Hall–Kier alpha value is -0.570. The van der Waals surface area contributed by atoms with E-state index in [1.807, 2.05) is 0 Å². The minimum absolute atomic E-state index is 0.395. The molecule has 0 saturated heterocycles. The summed E-state index contributed by atoms with van der Waals surface area (Å²) in [5, 5.41) is 13.2. The predicted octanol–water partition coefficient (Wildman–Crippen LogP) is 2.55. The third-order valence-electron chi connectivity index (χ3n) is 5.30. The summed E-state index contributed by atoms with van der Waals surface area (Å²) in [6, 6.07) is 0.458. The standard InChI is InChI=1S/C14H23NO2/c16-13(17)14(9-10-6-7-11(14)8-10)15-12-4-2-1-3-5-12/h10-12,15H,1-9H2,(H,16,17). The molecule has 3 nitrogen and oxygen atoms in total. The Balaban J connectivity index is 1.74. The van der Waals surface area contributed by atoms with E-state index in [-0.39, 0.29) is 0 Å². The summed E-state index contributed by atoms with van der Waals surface area (Å²) >= 11 is 0. The maximum Gasteiger partial charge on any atom is 0.324 e. The zero-order valence-electron chi connectivity index (χ0n) is 10.5. The van der Waals surface area contributed by atoms with Crippen LogP contribution in [0.1, 0.15) is 57.8 Å². The molecule has 3 rings (SSSR count). The van der Waals surface area contributed by atoms with E-state index in [0.29, 0.717) is 17.9 Å². The normalized spacial score (nSPS) is 41.9. The Morgan fingerprint density at radius 1 is 1.12 bits per heavy atom. The zero-order valence-corrected chi connectivity index (χ0v) is 10.5. The van der Waals surface area contributed by atoms with Gasteiger partial charge in [-0.15, -0.1) is 0 Å². The summed E-state index contributed by atoms with van der Waals surface area (Å²) in [6.45, 7) is 0. The van der Waals surface area contributed by atoms with E-state index in [4.69, 9.17) is 0 Å². The summed E-state index contributed by atoms with van der Waals surface area (Å²) < 4.78 is 0. The van der Waals surface area contributed by atoms with Crippen molar-refractivity contribution < 1.29 is 9.90 Å². The van der Waals surface area contributed by atoms with Gasteiger partial charge in [0.1, 0.15) is 5.54 Å². The van der Waals surface area contributed by atoms with Crippen LogP contribution < -0.4 is 5.32 Å². The number of hydrogen-bond acceptors (Lipinski definition) is 2. The Morgan fingerprint density at radius 3 is 2.41 bits per heavy atom. The number of carboxylic acids is 1. The number of carboxylic acid groups (broad SMARTS) is 1. The molecule has 0 aromatic rings. The molecule has 3 heteroatoms. The number of hydrogen-bond donors (Lipinski definition) is 2. The highest BCUT2D eigenvalue weighted by molar-refractivity contribution is 5.80. The van der Waals surface area contributed by atoms with Gasteiger partial charge in [0.15, 0.2) is 0 Å².